The van der Waals surface area contributed by atoms with Gasteiger partial charge in [-0.05, 0) is 42.3 Å². The van der Waals surface area contributed by atoms with Crippen LogP contribution >= 0.6 is 0 Å². The van der Waals surface area contributed by atoms with Gasteiger partial charge in [0.15, 0.2) is 0 Å². The van der Waals surface area contributed by atoms with Crippen LogP contribution in [0.25, 0.3) is 6.08 Å². The highest BCUT2D eigenvalue weighted by molar-refractivity contribution is 5.98. The first-order valence-corrected chi connectivity index (χ1v) is 8.68. The zero-order valence-corrected chi connectivity index (χ0v) is 14.7. The third-order valence-electron chi connectivity index (χ3n) is 4.07. The van der Waals surface area contributed by atoms with E-state index in [9.17, 15) is 14.4 Å². The third-order valence-corrected chi connectivity index (χ3v) is 4.07. The Morgan fingerprint density at radius 3 is 2.67 bits per heavy atom. The fourth-order valence-corrected chi connectivity index (χ4v) is 2.73. The van der Waals surface area contributed by atoms with E-state index in [1.54, 1.807) is 29.3 Å². The molecule has 0 bridgehead atoms. The zero-order valence-electron chi connectivity index (χ0n) is 14.7. The van der Waals surface area contributed by atoms with Crippen LogP contribution in [-0.4, -0.2) is 35.8 Å². The van der Waals surface area contributed by atoms with Gasteiger partial charge in [-0.1, -0.05) is 12.1 Å². The molecule has 27 heavy (non-hydrogen) atoms. The van der Waals surface area contributed by atoms with Crippen molar-refractivity contribution in [1.82, 2.24) is 10.3 Å². The molecular formula is C20H20N4O3. The van der Waals surface area contributed by atoms with Gasteiger partial charge in [0.25, 0.3) is 0 Å². The van der Waals surface area contributed by atoms with Gasteiger partial charge in [-0.15, -0.1) is 0 Å². The van der Waals surface area contributed by atoms with Crippen LogP contribution in [0.15, 0.2) is 54.9 Å². The topological polar surface area (TPSA) is 91.4 Å². The van der Waals surface area contributed by atoms with Gasteiger partial charge >= 0.3 is 0 Å². The number of hydrogen-bond acceptors (Lipinski definition) is 4. The highest BCUT2D eigenvalue weighted by atomic mass is 16.2. The summed E-state index contributed by atoms with van der Waals surface area (Å²) in [6.45, 7) is 0.617. The highest BCUT2D eigenvalue weighted by Crippen LogP contribution is 2.21. The number of pyridine rings is 1. The molecule has 3 amide bonds. The van der Waals surface area contributed by atoms with E-state index in [4.69, 9.17) is 0 Å². The number of rotatable bonds is 6. The quantitative estimate of drug-likeness (QED) is 0.767. The number of aromatic nitrogens is 1. The minimum atomic E-state index is -0.366. The predicted octanol–water partition coefficient (Wildman–Crippen LogP) is 1.98. The SMILES string of the molecule is O=C(/C=C\c1ccc(N2CCCC2=O)cc1)NCC(=O)Nc1cccnc1. The molecular weight excluding hydrogens is 344 g/mol. The smallest absolute Gasteiger partial charge is 0.244 e. The van der Waals surface area contributed by atoms with Crippen molar-refractivity contribution in [3.63, 3.8) is 0 Å². The molecule has 0 aliphatic carbocycles. The van der Waals surface area contributed by atoms with Gasteiger partial charge in [0.2, 0.25) is 17.7 Å². The minimum absolute atomic E-state index is 0.131. The second kappa shape index (κ2) is 8.75. The molecule has 1 aromatic carbocycles. The molecule has 7 nitrogen and oxygen atoms in total. The number of benzene rings is 1. The third kappa shape index (κ3) is 5.24. The molecule has 138 valence electrons. The van der Waals surface area contributed by atoms with Crippen LogP contribution in [0, 0.1) is 0 Å². The second-order valence-corrected chi connectivity index (χ2v) is 6.08. The van der Waals surface area contributed by atoms with Crippen molar-refractivity contribution in [3.05, 3.63) is 60.4 Å². The van der Waals surface area contributed by atoms with Crippen molar-refractivity contribution < 1.29 is 14.4 Å². The van der Waals surface area contributed by atoms with Crippen molar-refractivity contribution in [1.29, 1.82) is 0 Å². The Kier molecular flexibility index (Phi) is 5.94. The molecule has 7 heteroatoms. The van der Waals surface area contributed by atoms with Crippen LogP contribution in [-0.2, 0) is 14.4 Å². The fraction of sp³-hybridized carbons (Fsp3) is 0.200. The molecule has 1 aliphatic rings. The average molecular weight is 364 g/mol. The first-order valence-electron chi connectivity index (χ1n) is 8.68. The average Bonchev–Trinajstić information content (AvgIpc) is 3.12. The number of carbonyl (C=O) groups excluding carboxylic acids is 3. The number of anilines is 2. The summed E-state index contributed by atoms with van der Waals surface area (Å²) in [5.74, 6) is -0.554. The fourth-order valence-electron chi connectivity index (χ4n) is 2.73. The largest absolute Gasteiger partial charge is 0.343 e. The lowest BCUT2D eigenvalue weighted by molar-refractivity contribution is -0.121. The summed E-state index contributed by atoms with van der Waals surface area (Å²) in [7, 11) is 0. The molecule has 0 radical (unpaired) electrons. The summed E-state index contributed by atoms with van der Waals surface area (Å²) in [6, 6.07) is 10.8. The van der Waals surface area contributed by atoms with Crippen molar-refractivity contribution >= 4 is 35.2 Å². The standard InChI is InChI=1S/C20H20N4O3/c25-18(22-14-19(26)23-16-3-1-11-21-13-16)10-7-15-5-8-17(9-6-15)24-12-2-4-20(24)27/h1,3,5-11,13H,2,4,12,14H2,(H,22,25)(H,23,26)/b10-7-. The molecule has 3 rings (SSSR count). The molecule has 0 saturated carbocycles. The Hall–Kier alpha value is -3.48. The summed E-state index contributed by atoms with van der Waals surface area (Å²) in [4.78, 5) is 41.0. The molecule has 1 aromatic heterocycles. The van der Waals surface area contributed by atoms with Gasteiger partial charge in [-0.2, -0.15) is 0 Å². The van der Waals surface area contributed by atoms with Crippen molar-refractivity contribution in [2.45, 2.75) is 12.8 Å². The molecule has 0 atom stereocenters. The highest BCUT2D eigenvalue weighted by Gasteiger charge is 2.21. The summed E-state index contributed by atoms with van der Waals surface area (Å²) in [6.07, 6.45) is 7.64. The zero-order chi connectivity index (χ0) is 19.1. The molecule has 1 fully saturated rings. The van der Waals surface area contributed by atoms with E-state index in [2.05, 4.69) is 15.6 Å². The van der Waals surface area contributed by atoms with E-state index in [1.807, 2.05) is 24.3 Å². The number of hydrogen-bond donors (Lipinski definition) is 2. The normalized spacial score (nSPS) is 13.8. The van der Waals surface area contributed by atoms with E-state index < -0.39 is 0 Å². The van der Waals surface area contributed by atoms with Crippen LogP contribution in [0.3, 0.4) is 0 Å². The first kappa shape index (κ1) is 18.3. The van der Waals surface area contributed by atoms with Crippen LogP contribution in [0.2, 0.25) is 0 Å². The second-order valence-electron chi connectivity index (χ2n) is 6.08. The maximum absolute atomic E-state index is 11.8. The van der Waals surface area contributed by atoms with Gasteiger partial charge in [0.05, 0.1) is 18.4 Å². The van der Waals surface area contributed by atoms with Crippen LogP contribution in [0.1, 0.15) is 18.4 Å². The molecule has 0 spiro atoms. The van der Waals surface area contributed by atoms with Crippen LogP contribution in [0.4, 0.5) is 11.4 Å². The first-order chi connectivity index (χ1) is 13.1. The monoisotopic (exact) mass is 364 g/mol. The van der Waals surface area contributed by atoms with Crippen molar-refractivity contribution in [2.24, 2.45) is 0 Å². The van der Waals surface area contributed by atoms with Crippen LogP contribution < -0.4 is 15.5 Å². The van der Waals surface area contributed by atoms with E-state index >= 15 is 0 Å². The summed E-state index contributed by atoms with van der Waals surface area (Å²) in [5, 5.41) is 5.16. The Bertz CT molecular complexity index is 847. The molecule has 1 saturated heterocycles. The molecule has 2 heterocycles. The van der Waals surface area contributed by atoms with E-state index in [-0.39, 0.29) is 24.3 Å². The Morgan fingerprint density at radius 1 is 1.19 bits per heavy atom. The maximum atomic E-state index is 11.8. The Morgan fingerprint density at radius 2 is 2.00 bits per heavy atom. The van der Waals surface area contributed by atoms with Crippen molar-refractivity contribution in [3.8, 4) is 0 Å². The van der Waals surface area contributed by atoms with Gasteiger partial charge in [-0.25, -0.2) is 0 Å². The van der Waals surface area contributed by atoms with Gasteiger partial charge in [-0.3, -0.25) is 19.4 Å². The van der Waals surface area contributed by atoms with Gasteiger partial charge in [0.1, 0.15) is 0 Å². The number of nitrogens with zero attached hydrogens (tertiary/aromatic N) is 2. The maximum Gasteiger partial charge on any atom is 0.244 e. The molecule has 1 aliphatic heterocycles. The minimum Gasteiger partial charge on any atom is -0.343 e. The summed E-state index contributed by atoms with van der Waals surface area (Å²) in [5.41, 5.74) is 2.27. The Balaban J connectivity index is 1.46. The van der Waals surface area contributed by atoms with Crippen LogP contribution in [0.5, 0.6) is 0 Å². The number of nitrogens with one attached hydrogen (secondary N) is 2. The van der Waals surface area contributed by atoms with E-state index in [0.717, 1.165) is 24.2 Å². The predicted molar refractivity (Wildman–Crippen MR) is 103 cm³/mol. The van der Waals surface area contributed by atoms with Crippen molar-refractivity contribution in [2.75, 3.05) is 23.3 Å². The molecule has 0 unspecified atom stereocenters. The number of carbonyl (C=O) groups is 3. The summed E-state index contributed by atoms with van der Waals surface area (Å²) >= 11 is 0. The van der Waals surface area contributed by atoms with Gasteiger partial charge in [0, 0.05) is 30.9 Å². The van der Waals surface area contributed by atoms with Gasteiger partial charge < -0.3 is 15.5 Å². The van der Waals surface area contributed by atoms with E-state index in [0.29, 0.717) is 12.1 Å². The molecule has 2 N–H and O–H groups in total. The lowest BCUT2D eigenvalue weighted by atomic mass is 10.2. The molecule has 2 aromatic rings. The van der Waals surface area contributed by atoms with E-state index in [1.165, 1.54) is 12.3 Å². The Labute approximate surface area is 157 Å². The lowest BCUT2D eigenvalue weighted by Gasteiger charge is -2.15. The number of amides is 3. The lowest BCUT2D eigenvalue weighted by Crippen LogP contribution is -2.31. The summed E-state index contributed by atoms with van der Waals surface area (Å²) < 4.78 is 0.